The molecule has 0 radical (unpaired) electrons. The molecule has 0 unspecified atom stereocenters. The average Bonchev–Trinajstić information content (AvgIpc) is 2.24. The van der Waals surface area contributed by atoms with Crippen molar-refractivity contribution < 1.29 is 0 Å². The van der Waals surface area contributed by atoms with Gasteiger partial charge in [-0.3, -0.25) is 11.7 Å². The molecule has 0 aromatic carbocycles. The van der Waals surface area contributed by atoms with Crippen molar-refractivity contribution in [3.05, 3.63) is 0 Å². The van der Waals surface area contributed by atoms with Gasteiger partial charge in [-0.2, -0.15) is 0 Å². The SMILES string of the molecule is CCCCN.CCCNCCC.NN. The van der Waals surface area contributed by atoms with E-state index in [1.807, 2.05) is 0 Å². The number of hydrazine groups is 1. The third kappa shape index (κ3) is 40.8. The van der Waals surface area contributed by atoms with Crippen LogP contribution in [0.2, 0.25) is 0 Å². The fourth-order valence-electron chi connectivity index (χ4n) is 0.683. The van der Waals surface area contributed by atoms with Crippen LogP contribution in [0, 0.1) is 0 Å². The van der Waals surface area contributed by atoms with Gasteiger partial charge in [0.25, 0.3) is 0 Å². The first kappa shape index (κ1) is 19.4. The van der Waals surface area contributed by atoms with E-state index in [4.69, 9.17) is 5.73 Å². The lowest BCUT2D eigenvalue weighted by molar-refractivity contribution is 0.662. The molecule has 0 saturated carbocycles. The predicted molar refractivity (Wildman–Crippen MR) is 65.8 cm³/mol. The summed E-state index contributed by atoms with van der Waals surface area (Å²) in [6.45, 7) is 9.69. The zero-order valence-corrected chi connectivity index (χ0v) is 10.2. The topological polar surface area (TPSA) is 90.1 Å². The van der Waals surface area contributed by atoms with Gasteiger partial charge in [0.1, 0.15) is 0 Å². The van der Waals surface area contributed by atoms with Crippen LogP contribution in [-0.2, 0) is 0 Å². The minimum absolute atomic E-state index is 0.844. The standard InChI is InChI=1S/C6H15N.C4H11N.H4N2/c1-3-5-7-6-4-2;1-2-3-4-5;1-2/h7H,3-6H2,1-2H3;2-5H2,1H3;1-2H2. The molecular formula is C10H30N4. The maximum absolute atomic E-state index is 5.14. The summed E-state index contributed by atoms with van der Waals surface area (Å²) in [5.74, 6) is 8.00. The first-order chi connectivity index (χ1) is 6.83. The summed E-state index contributed by atoms with van der Waals surface area (Å²) in [6.07, 6.45) is 4.89. The molecule has 0 aliphatic carbocycles. The zero-order valence-electron chi connectivity index (χ0n) is 10.2. The summed E-state index contributed by atoms with van der Waals surface area (Å²) in [6, 6.07) is 0. The Kier molecular flexibility index (Phi) is 40.6. The lowest BCUT2D eigenvalue weighted by Crippen LogP contribution is -2.14. The van der Waals surface area contributed by atoms with E-state index >= 15 is 0 Å². The van der Waals surface area contributed by atoms with Crippen LogP contribution in [0.1, 0.15) is 46.5 Å². The first-order valence-electron chi connectivity index (χ1n) is 5.57. The lowest BCUT2D eigenvalue weighted by Gasteiger charge is -1.95. The Morgan fingerprint density at radius 2 is 1.29 bits per heavy atom. The van der Waals surface area contributed by atoms with Gasteiger partial charge in [-0.05, 0) is 38.9 Å². The number of nitrogens with one attached hydrogen (secondary N) is 1. The molecule has 0 fully saturated rings. The monoisotopic (exact) mass is 206 g/mol. The van der Waals surface area contributed by atoms with Gasteiger partial charge >= 0.3 is 0 Å². The zero-order chi connectivity index (χ0) is 11.7. The number of hydrogen-bond donors (Lipinski definition) is 4. The van der Waals surface area contributed by atoms with Gasteiger partial charge < -0.3 is 11.1 Å². The molecule has 0 spiro atoms. The van der Waals surface area contributed by atoms with Gasteiger partial charge in [0.05, 0.1) is 0 Å². The second kappa shape index (κ2) is 29.3. The summed E-state index contributed by atoms with van der Waals surface area (Å²) < 4.78 is 0. The molecule has 0 amide bonds. The van der Waals surface area contributed by atoms with Crippen LogP contribution in [0.5, 0.6) is 0 Å². The van der Waals surface area contributed by atoms with E-state index in [0.717, 1.165) is 6.54 Å². The molecule has 0 aromatic heterocycles. The van der Waals surface area contributed by atoms with Gasteiger partial charge in [0.2, 0.25) is 0 Å². The van der Waals surface area contributed by atoms with Crippen LogP contribution in [0.25, 0.3) is 0 Å². The quantitative estimate of drug-likeness (QED) is 0.296. The van der Waals surface area contributed by atoms with Crippen molar-refractivity contribution in [3.63, 3.8) is 0 Å². The number of hydrogen-bond acceptors (Lipinski definition) is 4. The van der Waals surface area contributed by atoms with Gasteiger partial charge in [-0.1, -0.05) is 27.2 Å². The molecule has 0 rings (SSSR count). The average molecular weight is 206 g/mol. The lowest BCUT2D eigenvalue weighted by atomic mass is 10.3. The maximum Gasteiger partial charge on any atom is -0.00516 e. The fraction of sp³-hybridized carbons (Fsp3) is 1.00. The molecular weight excluding hydrogens is 176 g/mol. The Bertz CT molecular complexity index is 54.1. The van der Waals surface area contributed by atoms with Crippen LogP contribution in [0.4, 0.5) is 0 Å². The van der Waals surface area contributed by atoms with Crippen molar-refractivity contribution in [1.82, 2.24) is 5.32 Å². The molecule has 0 heterocycles. The minimum Gasteiger partial charge on any atom is -0.330 e. The highest BCUT2D eigenvalue weighted by atomic mass is 15.0. The smallest absolute Gasteiger partial charge is 0.00516 e. The van der Waals surface area contributed by atoms with E-state index in [2.05, 4.69) is 37.8 Å². The van der Waals surface area contributed by atoms with Gasteiger partial charge in [0, 0.05) is 0 Å². The van der Waals surface area contributed by atoms with Crippen molar-refractivity contribution in [2.75, 3.05) is 19.6 Å². The number of unbranched alkanes of at least 4 members (excludes halogenated alkanes) is 1. The normalized spacial score (nSPS) is 8.14. The van der Waals surface area contributed by atoms with Crippen molar-refractivity contribution in [2.24, 2.45) is 17.4 Å². The Balaban J connectivity index is -0.000000152. The molecule has 14 heavy (non-hydrogen) atoms. The summed E-state index contributed by atoms with van der Waals surface area (Å²) >= 11 is 0. The minimum atomic E-state index is 0.844. The second-order valence-electron chi connectivity index (χ2n) is 2.89. The highest BCUT2D eigenvalue weighted by Gasteiger charge is 1.76. The van der Waals surface area contributed by atoms with Gasteiger partial charge in [-0.15, -0.1) is 0 Å². The number of nitrogens with two attached hydrogens (primary N) is 3. The highest BCUT2D eigenvalue weighted by Crippen LogP contribution is 1.77. The van der Waals surface area contributed by atoms with Crippen LogP contribution < -0.4 is 22.7 Å². The molecule has 7 N–H and O–H groups in total. The highest BCUT2D eigenvalue weighted by molar-refractivity contribution is 4.39. The van der Waals surface area contributed by atoms with Crippen LogP contribution in [-0.4, -0.2) is 19.6 Å². The Morgan fingerprint density at radius 1 is 0.857 bits per heavy atom. The van der Waals surface area contributed by atoms with Crippen molar-refractivity contribution in [2.45, 2.75) is 46.5 Å². The van der Waals surface area contributed by atoms with E-state index in [-0.39, 0.29) is 0 Å². The third-order valence-electron chi connectivity index (χ3n) is 1.41. The van der Waals surface area contributed by atoms with Gasteiger partial charge in [0.15, 0.2) is 0 Å². The molecule has 0 aliphatic rings. The molecule has 0 bridgehead atoms. The fourth-order valence-corrected chi connectivity index (χ4v) is 0.683. The number of rotatable bonds is 6. The maximum atomic E-state index is 5.14. The largest absolute Gasteiger partial charge is 0.330 e. The molecule has 0 aliphatic heterocycles. The molecule has 0 aromatic rings. The first-order valence-corrected chi connectivity index (χ1v) is 5.57. The molecule has 4 heteroatoms. The van der Waals surface area contributed by atoms with Gasteiger partial charge in [-0.25, -0.2) is 0 Å². The summed E-state index contributed by atoms with van der Waals surface area (Å²) in [7, 11) is 0. The Morgan fingerprint density at radius 3 is 1.43 bits per heavy atom. The van der Waals surface area contributed by atoms with Crippen LogP contribution in [0.3, 0.4) is 0 Å². The molecule has 90 valence electrons. The third-order valence-corrected chi connectivity index (χ3v) is 1.41. The Labute approximate surface area is 89.6 Å². The van der Waals surface area contributed by atoms with Crippen molar-refractivity contribution in [3.8, 4) is 0 Å². The summed E-state index contributed by atoms with van der Waals surface area (Å²) in [5.41, 5.74) is 5.14. The van der Waals surface area contributed by atoms with E-state index in [1.165, 1.54) is 38.8 Å². The molecule has 4 nitrogen and oxygen atoms in total. The van der Waals surface area contributed by atoms with E-state index in [1.54, 1.807) is 0 Å². The van der Waals surface area contributed by atoms with Crippen LogP contribution >= 0.6 is 0 Å². The summed E-state index contributed by atoms with van der Waals surface area (Å²) in [4.78, 5) is 0. The predicted octanol–water partition coefficient (Wildman–Crippen LogP) is 0.960. The Hall–Kier alpha value is -0.160. The second-order valence-corrected chi connectivity index (χ2v) is 2.89. The van der Waals surface area contributed by atoms with Crippen molar-refractivity contribution in [1.29, 1.82) is 0 Å². The van der Waals surface area contributed by atoms with E-state index < -0.39 is 0 Å². The van der Waals surface area contributed by atoms with E-state index in [0.29, 0.717) is 0 Å². The van der Waals surface area contributed by atoms with Crippen LogP contribution in [0.15, 0.2) is 0 Å². The van der Waals surface area contributed by atoms with E-state index in [9.17, 15) is 0 Å². The van der Waals surface area contributed by atoms with Crippen molar-refractivity contribution >= 4 is 0 Å². The molecule has 0 saturated heterocycles. The molecule has 0 atom stereocenters. The summed E-state index contributed by atoms with van der Waals surface area (Å²) in [5, 5.41) is 3.28.